The van der Waals surface area contributed by atoms with Crippen molar-refractivity contribution in [3.05, 3.63) is 40.5 Å². The van der Waals surface area contributed by atoms with E-state index in [0.29, 0.717) is 0 Å². The molecule has 0 unspecified atom stereocenters. The Labute approximate surface area is 103 Å². The molecule has 0 saturated carbocycles. The second-order valence-corrected chi connectivity index (χ2v) is 4.53. The lowest BCUT2D eigenvalue weighted by Gasteiger charge is -2.04. The molecule has 0 saturated heterocycles. The molecule has 0 aliphatic rings. The van der Waals surface area contributed by atoms with Gasteiger partial charge in [-0.25, -0.2) is 0 Å². The van der Waals surface area contributed by atoms with Gasteiger partial charge in [-0.05, 0) is 36.6 Å². The van der Waals surface area contributed by atoms with Gasteiger partial charge in [0.2, 0.25) is 0 Å². The smallest absolute Gasteiger partial charge is 0.175 e. The van der Waals surface area contributed by atoms with Crippen molar-refractivity contribution in [2.75, 3.05) is 0 Å². The number of rotatable bonds is 3. The fourth-order valence-corrected chi connectivity index (χ4v) is 1.49. The molecule has 0 amide bonds. The van der Waals surface area contributed by atoms with E-state index < -0.39 is 0 Å². The predicted molar refractivity (Wildman–Crippen MR) is 69.4 cm³/mol. The minimum Gasteiger partial charge on any atom is -0.293 e. The van der Waals surface area contributed by atoms with Gasteiger partial charge in [0.05, 0.1) is 5.57 Å². The van der Waals surface area contributed by atoms with E-state index in [9.17, 15) is 4.79 Å². The fourth-order valence-electron chi connectivity index (χ4n) is 1.49. The minimum absolute atomic E-state index is 0.106. The van der Waals surface area contributed by atoms with Crippen LogP contribution in [-0.4, -0.2) is 5.78 Å². The van der Waals surface area contributed by atoms with Crippen LogP contribution in [0.25, 0.3) is 6.08 Å². The maximum Gasteiger partial charge on any atom is 0.175 e. The molecule has 1 aromatic rings. The third kappa shape index (κ3) is 3.29. The number of hydrogen-bond acceptors (Lipinski definition) is 2. The lowest BCUT2D eigenvalue weighted by molar-refractivity contribution is -0.117. The molecule has 1 rings (SSSR count). The molecule has 0 aliphatic heterocycles. The van der Waals surface area contributed by atoms with E-state index in [1.807, 2.05) is 38.1 Å². The van der Waals surface area contributed by atoms with Crippen molar-refractivity contribution in [3.63, 3.8) is 0 Å². The van der Waals surface area contributed by atoms with Crippen LogP contribution in [0, 0.1) is 31.1 Å². The summed E-state index contributed by atoms with van der Waals surface area (Å²) in [5.74, 6) is -0.252. The summed E-state index contributed by atoms with van der Waals surface area (Å²) in [6.07, 6.45) is 1.66. The summed E-state index contributed by atoms with van der Waals surface area (Å²) in [5.41, 5.74) is 3.49. The molecule has 0 atom stereocenters. The molecule has 88 valence electrons. The number of nitriles is 1. The van der Waals surface area contributed by atoms with Crippen LogP contribution in [0.4, 0.5) is 0 Å². The number of carbonyl (C=O) groups excluding carboxylic acids is 1. The summed E-state index contributed by atoms with van der Waals surface area (Å²) in [4.78, 5) is 11.7. The number of ketones is 1. The van der Waals surface area contributed by atoms with E-state index >= 15 is 0 Å². The Kier molecular flexibility index (Phi) is 4.23. The first-order valence-corrected chi connectivity index (χ1v) is 5.69. The average Bonchev–Trinajstić information content (AvgIpc) is 2.29. The zero-order chi connectivity index (χ0) is 13.0. The maximum absolute atomic E-state index is 11.7. The van der Waals surface area contributed by atoms with E-state index in [1.165, 1.54) is 5.56 Å². The minimum atomic E-state index is -0.146. The van der Waals surface area contributed by atoms with Crippen molar-refractivity contribution in [1.82, 2.24) is 0 Å². The molecule has 0 radical (unpaired) electrons. The molecule has 17 heavy (non-hydrogen) atoms. The molecular weight excluding hydrogens is 210 g/mol. The number of nitrogens with zero attached hydrogens (tertiary/aromatic N) is 1. The number of benzene rings is 1. The summed E-state index contributed by atoms with van der Waals surface area (Å²) < 4.78 is 0. The second kappa shape index (κ2) is 5.45. The van der Waals surface area contributed by atoms with Crippen LogP contribution < -0.4 is 0 Å². The van der Waals surface area contributed by atoms with Gasteiger partial charge in [0.25, 0.3) is 0 Å². The highest BCUT2D eigenvalue weighted by Gasteiger charge is 2.13. The Bertz CT molecular complexity index is 504. The molecule has 0 aromatic heterocycles. The molecule has 0 bridgehead atoms. The van der Waals surface area contributed by atoms with Gasteiger partial charge in [-0.15, -0.1) is 0 Å². The Hall–Kier alpha value is -1.88. The van der Waals surface area contributed by atoms with E-state index in [-0.39, 0.29) is 17.3 Å². The lowest BCUT2D eigenvalue weighted by Crippen LogP contribution is -2.08. The molecule has 0 fully saturated rings. The first kappa shape index (κ1) is 13.2. The van der Waals surface area contributed by atoms with Gasteiger partial charge >= 0.3 is 0 Å². The molecule has 2 nitrogen and oxygen atoms in total. The van der Waals surface area contributed by atoms with E-state index in [2.05, 4.69) is 0 Å². The number of Topliss-reactive ketones (excluding diaryl/α,β-unsaturated/α-hetero) is 1. The Morgan fingerprint density at radius 2 is 1.94 bits per heavy atom. The summed E-state index contributed by atoms with van der Waals surface area (Å²) in [7, 11) is 0. The van der Waals surface area contributed by atoms with Crippen molar-refractivity contribution in [2.45, 2.75) is 27.7 Å². The van der Waals surface area contributed by atoms with Crippen LogP contribution in [0.1, 0.15) is 30.5 Å². The SMILES string of the molecule is Cc1ccc(/C=C(/C#N)C(=O)C(C)C)cc1C. The normalized spacial score (nSPS) is 11.4. The first-order chi connectivity index (χ1) is 7.95. The van der Waals surface area contributed by atoms with Crippen LogP contribution in [0.5, 0.6) is 0 Å². The number of aryl methyl sites for hydroxylation is 2. The second-order valence-electron chi connectivity index (χ2n) is 4.53. The maximum atomic E-state index is 11.7. The molecule has 0 heterocycles. The predicted octanol–water partition coefficient (Wildman–Crippen LogP) is 3.44. The molecule has 0 aliphatic carbocycles. The lowest BCUT2D eigenvalue weighted by atomic mass is 9.98. The van der Waals surface area contributed by atoms with Crippen LogP contribution in [-0.2, 0) is 4.79 Å². The van der Waals surface area contributed by atoms with Gasteiger partial charge in [0.15, 0.2) is 5.78 Å². The largest absolute Gasteiger partial charge is 0.293 e. The molecule has 0 spiro atoms. The van der Waals surface area contributed by atoms with Crippen molar-refractivity contribution in [3.8, 4) is 6.07 Å². The van der Waals surface area contributed by atoms with Crippen LogP contribution in [0.3, 0.4) is 0 Å². The van der Waals surface area contributed by atoms with Gasteiger partial charge in [0, 0.05) is 5.92 Å². The van der Waals surface area contributed by atoms with Gasteiger partial charge in [-0.2, -0.15) is 5.26 Å². The van der Waals surface area contributed by atoms with Gasteiger partial charge in [-0.1, -0.05) is 32.0 Å². The number of carbonyl (C=O) groups is 1. The summed E-state index contributed by atoms with van der Waals surface area (Å²) in [6, 6.07) is 7.88. The highest BCUT2D eigenvalue weighted by Crippen LogP contribution is 2.15. The number of hydrogen-bond donors (Lipinski definition) is 0. The Morgan fingerprint density at radius 3 is 2.41 bits per heavy atom. The average molecular weight is 227 g/mol. The summed E-state index contributed by atoms with van der Waals surface area (Å²) >= 11 is 0. The summed E-state index contributed by atoms with van der Waals surface area (Å²) in [6.45, 7) is 7.65. The molecule has 2 heteroatoms. The molecule has 1 aromatic carbocycles. The van der Waals surface area contributed by atoms with Crippen LogP contribution in [0.15, 0.2) is 23.8 Å². The Balaban J connectivity index is 3.12. The van der Waals surface area contributed by atoms with Crippen molar-refractivity contribution in [1.29, 1.82) is 5.26 Å². The standard InChI is InChI=1S/C15H17NO/c1-10(2)15(17)14(9-16)8-13-6-5-11(3)12(4)7-13/h5-8,10H,1-4H3/b14-8-. The zero-order valence-electron chi connectivity index (χ0n) is 10.7. The van der Waals surface area contributed by atoms with E-state index in [4.69, 9.17) is 5.26 Å². The topological polar surface area (TPSA) is 40.9 Å². The monoisotopic (exact) mass is 227 g/mol. The molecular formula is C15H17NO. The third-order valence-electron chi connectivity index (χ3n) is 2.75. The van der Waals surface area contributed by atoms with Crippen molar-refractivity contribution in [2.24, 2.45) is 5.92 Å². The fraction of sp³-hybridized carbons (Fsp3) is 0.333. The third-order valence-corrected chi connectivity index (χ3v) is 2.75. The van der Waals surface area contributed by atoms with Crippen LogP contribution in [0.2, 0.25) is 0 Å². The van der Waals surface area contributed by atoms with Crippen LogP contribution >= 0.6 is 0 Å². The van der Waals surface area contributed by atoms with E-state index in [0.717, 1.165) is 11.1 Å². The highest BCUT2D eigenvalue weighted by atomic mass is 16.1. The van der Waals surface area contributed by atoms with E-state index in [1.54, 1.807) is 19.9 Å². The van der Waals surface area contributed by atoms with Gasteiger partial charge in [0.1, 0.15) is 6.07 Å². The Morgan fingerprint density at radius 1 is 1.29 bits per heavy atom. The molecule has 0 N–H and O–H groups in total. The first-order valence-electron chi connectivity index (χ1n) is 5.69. The van der Waals surface area contributed by atoms with Crippen molar-refractivity contribution >= 4 is 11.9 Å². The van der Waals surface area contributed by atoms with Gasteiger partial charge in [-0.3, -0.25) is 4.79 Å². The van der Waals surface area contributed by atoms with Gasteiger partial charge < -0.3 is 0 Å². The van der Waals surface area contributed by atoms with Crippen molar-refractivity contribution < 1.29 is 4.79 Å². The summed E-state index contributed by atoms with van der Waals surface area (Å²) in [5, 5.41) is 8.99. The highest BCUT2D eigenvalue weighted by molar-refractivity contribution is 6.04. The zero-order valence-corrected chi connectivity index (χ0v) is 10.7. The number of allylic oxidation sites excluding steroid dienone is 1. The quantitative estimate of drug-likeness (QED) is 0.586.